The number of para-hydroxylation sites is 1. The Morgan fingerprint density at radius 3 is 3.04 bits per heavy atom. The van der Waals surface area contributed by atoms with Gasteiger partial charge in [-0.2, -0.15) is 0 Å². The van der Waals surface area contributed by atoms with Gasteiger partial charge in [0, 0.05) is 29.4 Å². The van der Waals surface area contributed by atoms with Crippen molar-refractivity contribution in [2.75, 3.05) is 25.5 Å². The average Bonchev–Trinajstić information content (AvgIpc) is 3.25. The van der Waals surface area contributed by atoms with Crippen molar-refractivity contribution in [3.63, 3.8) is 0 Å². The van der Waals surface area contributed by atoms with E-state index in [9.17, 15) is 9.90 Å². The molecule has 0 unspecified atom stereocenters. The van der Waals surface area contributed by atoms with E-state index in [2.05, 4.69) is 28.4 Å². The lowest BCUT2D eigenvalue weighted by Gasteiger charge is -2.55. The smallest absolute Gasteiger partial charge is 0.335 e. The number of anilines is 1. The number of fused-ring (bicyclic) bond motifs is 3. The fraction of sp³-hybridized carbons (Fsp3) is 0.571. The summed E-state index contributed by atoms with van der Waals surface area (Å²) in [5.41, 5.74) is 3.15. The fourth-order valence-corrected chi connectivity index (χ4v) is 6.79. The summed E-state index contributed by atoms with van der Waals surface area (Å²) in [4.78, 5) is 15.3. The van der Waals surface area contributed by atoms with Crippen LogP contribution in [0.15, 0.2) is 35.5 Å². The molecule has 1 aromatic rings. The first-order valence-electron chi connectivity index (χ1n) is 9.80. The molecule has 6 atom stereocenters. The molecule has 4 heterocycles. The third kappa shape index (κ3) is 1.67. The third-order valence-corrected chi connectivity index (χ3v) is 7.77. The maximum atomic E-state index is 12.8. The monoisotopic (exact) mass is 368 g/mol. The van der Waals surface area contributed by atoms with E-state index in [0.717, 1.165) is 30.9 Å². The number of aliphatic hydroxyl groups is 1. The molecule has 3 saturated heterocycles. The predicted molar refractivity (Wildman–Crippen MR) is 98.2 cm³/mol. The molecule has 0 saturated carbocycles. The van der Waals surface area contributed by atoms with Crippen LogP contribution in [0.1, 0.15) is 25.3 Å². The molecule has 0 amide bonds. The Kier molecular flexibility index (Phi) is 2.94. The van der Waals surface area contributed by atoms with Crippen LogP contribution in [0.5, 0.6) is 0 Å². The molecular weight excluding hydrogens is 344 g/mol. The molecule has 4 aliphatic heterocycles. The minimum absolute atomic E-state index is 0.00249. The summed E-state index contributed by atoms with van der Waals surface area (Å²) in [6.07, 6.45) is 1.01. The number of nitrogens with zero attached hydrogens (tertiary/aromatic N) is 1. The number of hydrogen-bond acceptors (Lipinski definition) is 6. The van der Waals surface area contributed by atoms with Gasteiger partial charge in [0.15, 0.2) is 0 Å². The molecule has 3 fully saturated rings. The standard InChI is InChI=1S/C21H24N2O4/c1-11(24)21-9-12(18(25)26-2)16-20(13-5-3-4-6-14(13)22-16)7-8-23(19(20)21)10-15-17(21)27-15/h3-6,11,15,17,19,22,24H,7-10H2,1-2H3/t11-,15+,17+,19-,20+,21+/m0/s1. The van der Waals surface area contributed by atoms with E-state index in [0.29, 0.717) is 12.0 Å². The molecule has 0 aromatic heterocycles. The second kappa shape index (κ2) is 4.93. The molecule has 142 valence electrons. The number of carbonyl (C=O) groups excluding carboxylic acids is 1. The number of hydrogen-bond donors (Lipinski definition) is 2. The van der Waals surface area contributed by atoms with Crippen LogP contribution in [0.25, 0.3) is 0 Å². The summed E-state index contributed by atoms with van der Waals surface area (Å²) < 4.78 is 11.2. The molecule has 0 radical (unpaired) electrons. The third-order valence-electron chi connectivity index (χ3n) is 7.77. The minimum atomic E-state index is -0.579. The van der Waals surface area contributed by atoms with Crippen LogP contribution < -0.4 is 5.32 Å². The van der Waals surface area contributed by atoms with Crippen LogP contribution in [-0.4, -0.2) is 60.5 Å². The summed E-state index contributed by atoms with van der Waals surface area (Å²) in [5.74, 6) is -0.302. The van der Waals surface area contributed by atoms with Gasteiger partial charge in [-0.05, 0) is 37.9 Å². The van der Waals surface area contributed by atoms with Crippen molar-refractivity contribution < 1.29 is 19.4 Å². The van der Waals surface area contributed by atoms with E-state index in [1.165, 1.54) is 12.7 Å². The van der Waals surface area contributed by atoms with Crippen molar-refractivity contribution in [1.82, 2.24) is 4.90 Å². The topological polar surface area (TPSA) is 74.3 Å². The van der Waals surface area contributed by atoms with Crippen LogP contribution in [0.2, 0.25) is 0 Å². The van der Waals surface area contributed by atoms with Crippen molar-refractivity contribution in [3.8, 4) is 0 Å². The summed E-state index contributed by atoms with van der Waals surface area (Å²) in [5, 5.41) is 14.6. The molecule has 27 heavy (non-hydrogen) atoms. The molecule has 2 N–H and O–H groups in total. The normalized spacial score (nSPS) is 41.8. The van der Waals surface area contributed by atoms with E-state index in [4.69, 9.17) is 9.47 Å². The second-order valence-electron chi connectivity index (χ2n) is 8.69. The Morgan fingerprint density at radius 1 is 1.44 bits per heavy atom. The van der Waals surface area contributed by atoms with Crippen LogP contribution in [0.4, 0.5) is 5.69 Å². The lowest BCUT2D eigenvalue weighted by Crippen LogP contribution is -2.66. The number of aliphatic hydroxyl groups excluding tert-OH is 1. The van der Waals surface area contributed by atoms with Gasteiger partial charge in [0.2, 0.25) is 0 Å². The summed E-state index contributed by atoms with van der Waals surface area (Å²) in [6.45, 7) is 3.72. The number of rotatable bonds is 2. The minimum Gasteiger partial charge on any atom is -0.466 e. The molecular formula is C21H24N2O4. The van der Waals surface area contributed by atoms with E-state index >= 15 is 0 Å². The first kappa shape index (κ1) is 16.1. The van der Waals surface area contributed by atoms with Gasteiger partial charge >= 0.3 is 5.97 Å². The van der Waals surface area contributed by atoms with Gasteiger partial charge < -0.3 is 19.9 Å². The Bertz CT molecular complexity index is 896. The zero-order valence-corrected chi connectivity index (χ0v) is 15.6. The zero-order valence-electron chi connectivity index (χ0n) is 15.6. The lowest BCUT2D eigenvalue weighted by atomic mass is 9.52. The van der Waals surface area contributed by atoms with Gasteiger partial charge in [-0.25, -0.2) is 4.79 Å². The van der Waals surface area contributed by atoms with Gasteiger partial charge in [-0.15, -0.1) is 0 Å². The highest BCUT2D eigenvalue weighted by Gasteiger charge is 2.75. The van der Waals surface area contributed by atoms with Crippen molar-refractivity contribution in [3.05, 3.63) is 41.1 Å². The molecule has 0 bridgehead atoms. The molecule has 5 aliphatic rings. The predicted octanol–water partition coefficient (Wildman–Crippen LogP) is 1.40. The number of epoxide rings is 1. The quantitative estimate of drug-likeness (QED) is 0.607. The van der Waals surface area contributed by atoms with Crippen molar-refractivity contribution >= 4 is 11.7 Å². The highest BCUT2D eigenvalue weighted by molar-refractivity contribution is 5.93. The van der Waals surface area contributed by atoms with Gasteiger partial charge in [0.1, 0.15) is 0 Å². The molecule has 6 nitrogen and oxygen atoms in total. The molecule has 1 spiro atoms. The van der Waals surface area contributed by atoms with Crippen molar-refractivity contribution in [1.29, 1.82) is 0 Å². The average molecular weight is 368 g/mol. The van der Waals surface area contributed by atoms with Gasteiger partial charge in [0.05, 0.1) is 36.4 Å². The van der Waals surface area contributed by atoms with Crippen LogP contribution in [0.3, 0.4) is 0 Å². The lowest BCUT2D eigenvalue weighted by molar-refractivity contribution is -0.138. The van der Waals surface area contributed by atoms with E-state index in [1.807, 2.05) is 13.0 Å². The molecule has 6 rings (SSSR count). The number of methoxy groups -OCH3 is 1. The Morgan fingerprint density at radius 2 is 2.26 bits per heavy atom. The van der Waals surface area contributed by atoms with Crippen LogP contribution >= 0.6 is 0 Å². The van der Waals surface area contributed by atoms with Gasteiger partial charge in [-0.3, -0.25) is 4.90 Å². The van der Waals surface area contributed by atoms with E-state index < -0.39 is 11.5 Å². The maximum absolute atomic E-state index is 12.8. The summed E-state index contributed by atoms with van der Waals surface area (Å²) in [7, 11) is 1.43. The SMILES string of the molecule is COC(=O)C1=C2Nc3ccccc3[C@]23CCN2C[C@H]4O[C@H]4[C@]([C@H](C)O)(C1)[C@@H]23. The number of carbonyl (C=O) groups is 1. The first-order chi connectivity index (χ1) is 13.0. The largest absolute Gasteiger partial charge is 0.466 e. The van der Waals surface area contributed by atoms with Crippen molar-refractivity contribution in [2.45, 2.75) is 49.5 Å². The highest BCUT2D eigenvalue weighted by atomic mass is 16.6. The molecule has 6 heteroatoms. The number of ether oxygens (including phenoxy) is 2. The number of esters is 1. The maximum Gasteiger partial charge on any atom is 0.335 e. The summed E-state index contributed by atoms with van der Waals surface area (Å²) in [6, 6.07) is 8.46. The van der Waals surface area contributed by atoms with Crippen LogP contribution in [-0.2, 0) is 19.7 Å². The van der Waals surface area contributed by atoms with E-state index in [1.54, 1.807) is 0 Å². The number of nitrogens with one attached hydrogen (secondary N) is 1. The van der Waals surface area contributed by atoms with Crippen molar-refractivity contribution in [2.24, 2.45) is 5.41 Å². The Labute approximate surface area is 158 Å². The number of piperidine rings is 1. The Hall–Kier alpha value is -1.89. The zero-order chi connectivity index (χ0) is 18.6. The molecule has 1 aliphatic carbocycles. The van der Waals surface area contributed by atoms with Crippen LogP contribution in [0, 0.1) is 5.41 Å². The molecule has 1 aromatic carbocycles. The van der Waals surface area contributed by atoms with Gasteiger partial charge in [-0.1, -0.05) is 18.2 Å². The number of benzene rings is 1. The summed E-state index contributed by atoms with van der Waals surface area (Å²) >= 11 is 0. The fourth-order valence-electron chi connectivity index (χ4n) is 6.79. The highest BCUT2D eigenvalue weighted by Crippen LogP contribution is 2.68. The van der Waals surface area contributed by atoms with Gasteiger partial charge in [0.25, 0.3) is 0 Å². The first-order valence-corrected chi connectivity index (χ1v) is 9.80. The van der Waals surface area contributed by atoms with E-state index in [-0.39, 0.29) is 29.6 Å². The second-order valence-corrected chi connectivity index (χ2v) is 8.69. The Balaban J connectivity index is 1.67.